The second-order valence-corrected chi connectivity index (χ2v) is 4.06. The molecule has 1 fully saturated rings. The molecule has 2 nitrogen and oxygen atoms in total. The normalized spacial score (nSPS) is 28.8. The lowest BCUT2D eigenvalue weighted by Gasteiger charge is -2.34. The highest BCUT2D eigenvalue weighted by atomic mass is 15.1. The first-order valence-corrected chi connectivity index (χ1v) is 5.11. The predicted octanol–water partition coefficient (Wildman–Crippen LogP) is 1.47. The summed E-state index contributed by atoms with van der Waals surface area (Å²) in [7, 11) is 4.31. The molecule has 0 saturated carbocycles. The molecule has 1 saturated heterocycles. The van der Waals surface area contributed by atoms with Crippen LogP contribution in [0.3, 0.4) is 0 Å². The summed E-state index contributed by atoms with van der Waals surface area (Å²) in [6, 6.07) is 1.48. The van der Waals surface area contributed by atoms with Crippen LogP contribution in [0.2, 0.25) is 0 Å². The quantitative estimate of drug-likeness (QED) is 0.690. The van der Waals surface area contributed by atoms with Crippen molar-refractivity contribution in [3.8, 4) is 0 Å². The van der Waals surface area contributed by atoms with Gasteiger partial charge >= 0.3 is 0 Å². The first-order chi connectivity index (χ1) is 5.74. The number of nitrogens with zero attached hydrogens (tertiary/aromatic N) is 1. The van der Waals surface area contributed by atoms with Crippen molar-refractivity contribution < 1.29 is 0 Å². The average molecular weight is 170 g/mol. The Hall–Kier alpha value is -0.0800. The van der Waals surface area contributed by atoms with Crippen LogP contribution in [0.5, 0.6) is 0 Å². The Kier molecular flexibility index (Phi) is 4.02. The molecule has 1 N–H and O–H groups in total. The van der Waals surface area contributed by atoms with Gasteiger partial charge in [-0.15, -0.1) is 0 Å². The maximum Gasteiger partial charge on any atom is 0.0107 e. The van der Waals surface area contributed by atoms with Crippen molar-refractivity contribution in [3.63, 3.8) is 0 Å². The summed E-state index contributed by atoms with van der Waals surface area (Å²) < 4.78 is 0. The Morgan fingerprint density at radius 1 is 1.50 bits per heavy atom. The van der Waals surface area contributed by atoms with Crippen LogP contribution in [0.1, 0.15) is 32.6 Å². The summed E-state index contributed by atoms with van der Waals surface area (Å²) in [4.78, 5) is 2.51. The third-order valence-electron chi connectivity index (χ3n) is 3.04. The molecule has 0 amide bonds. The van der Waals surface area contributed by atoms with Crippen LogP contribution >= 0.6 is 0 Å². The van der Waals surface area contributed by atoms with Crippen molar-refractivity contribution in [2.24, 2.45) is 0 Å². The largest absolute Gasteiger partial charge is 0.317 e. The van der Waals surface area contributed by atoms with E-state index in [1.807, 2.05) is 7.05 Å². The maximum atomic E-state index is 3.31. The van der Waals surface area contributed by atoms with Gasteiger partial charge in [0.05, 0.1) is 0 Å². The Morgan fingerprint density at radius 3 is 2.83 bits per heavy atom. The molecule has 2 unspecified atom stereocenters. The molecule has 12 heavy (non-hydrogen) atoms. The van der Waals surface area contributed by atoms with Gasteiger partial charge in [-0.2, -0.15) is 0 Å². The molecule has 1 heterocycles. The number of piperidine rings is 1. The van der Waals surface area contributed by atoms with Crippen LogP contribution in [-0.2, 0) is 0 Å². The van der Waals surface area contributed by atoms with Crippen LogP contribution in [0.4, 0.5) is 0 Å². The number of rotatable bonds is 3. The SMILES string of the molecule is CNC(C)CC1CCCCN1C. The van der Waals surface area contributed by atoms with Gasteiger partial charge in [0.1, 0.15) is 0 Å². The van der Waals surface area contributed by atoms with Gasteiger partial charge in [-0.3, -0.25) is 0 Å². The van der Waals surface area contributed by atoms with E-state index >= 15 is 0 Å². The monoisotopic (exact) mass is 170 g/mol. The molecule has 0 spiro atoms. The average Bonchev–Trinajstić information content (AvgIpc) is 2.09. The lowest BCUT2D eigenvalue weighted by atomic mass is 9.97. The van der Waals surface area contributed by atoms with Crippen LogP contribution < -0.4 is 5.32 Å². The van der Waals surface area contributed by atoms with Crippen LogP contribution in [-0.4, -0.2) is 37.6 Å². The topological polar surface area (TPSA) is 15.3 Å². The molecule has 0 aromatic heterocycles. The van der Waals surface area contributed by atoms with Gasteiger partial charge in [0.2, 0.25) is 0 Å². The molecule has 0 bridgehead atoms. The minimum Gasteiger partial charge on any atom is -0.317 e. The predicted molar refractivity (Wildman–Crippen MR) is 53.4 cm³/mol. The molecular formula is C10H22N2. The number of hydrogen-bond acceptors (Lipinski definition) is 2. The molecular weight excluding hydrogens is 148 g/mol. The minimum absolute atomic E-state index is 0.663. The summed E-state index contributed by atoms with van der Waals surface area (Å²) >= 11 is 0. The summed E-state index contributed by atoms with van der Waals surface area (Å²) in [5.41, 5.74) is 0. The Morgan fingerprint density at radius 2 is 2.25 bits per heavy atom. The lowest BCUT2D eigenvalue weighted by Crippen LogP contribution is -2.40. The summed E-state index contributed by atoms with van der Waals surface area (Å²) in [5.74, 6) is 0. The van der Waals surface area contributed by atoms with E-state index in [1.54, 1.807) is 0 Å². The van der Waals surface area contributed by atoms with E-state index in [9.17, 15) is 0 Å². The van der Waals surface area contributed by atoms with Crippen LogP contribution in [0, 0.1) is 0 Å². The van der Waals surface area contributed by atoms with Crippen molar-refractivity contribution in [2.75, 3.05) is 20.6 Å². The molecule has 0 radical (unpaired) electrons. The Bertz CT molecular complexity index is 125. The second kappa shape index (κ2) is 4.83. The van der Waals surface area contributed by atoms with Crippen LogP contribution in [0.25, 0.3) is 0 Å². The third-order valence-corrected chi connectivity index (χ3v) is 3.04. The molecule has 72 valence electrons. The Balaban J connectivity index is 2.28. The number of likely N-dealkylation sites (tertiary alicyclic amines) is 1. The van der Waals surface area contributed by atoms with Crippen molar-refractivity contribution in [1.29, 1.82) is 0 Å². The van der Waals surface area contributed by atoms with Crippen molar-refractivity contribution >= 4 is 0 Å². The van der Waals surface area contributed by atoms with Gasteiger partial charge in [0.15, 0.2) is 0 Å². The van der Waals surface area contributed by atoms with Crippen molar-refractivity contribution in [3.05, 3.63) is 0 Å². The fourth-order valence-electron chi connectivity index (χ4n) is 1.97. The highest BCUT2D eigenvalue weighted by Crippen LogP contribution is 2.18. The summed E-state index contributed by atoms with van der Waals surface area (Å²) in [6.45, 7) is 3.56. The molecule has 0 aromatic rings. The van der Waals surface area contributed by atoms with E-state index in [2.05, 4.69) is 24.2 Å². The highest BCUT2D eigenvalue weighted by Gasteiger charge is 2.19. The van der Waals surface area contributed by atoms with Gasteiger partial charge in [-0.05, 0) is 46.8 Å². The van der Waals surface area contributed by atoms with Crippen molar-refractivity contribution in [1.82, 2.24) is 10.2 Å². The summed E-state index contributed by atoms with van der Waals surface area (Å²) in [6.07, 6.45) is 5.50. The van der Waals surface area contributed by atoms with E-state index in [1.165, 1.54) is 32.2 Å². The zero-order valence-corrected chi connectivity index (χ0v) is 8.64. The van der Waals surface area contributed by atoms with E-state index in [-0.39, 0.29) is 0 Å². The Labute approximate surface area is 76.3 Å². The van der Waals surface area contributed by atoms with Crippen LogP contribution in [0.15, 0.2) is 0 Å². The molecule has 0 aliphatic carbocycles. The second-order valence-electron chi connectivity index (χ2n) is 4.06. The third kappa shape index (κ3) is 2.76. The first kappa shape index (κ1) is 10.0. The standard InChI is InChI=1S/C10H22N2/c1-9(11-2)8-10-6-4-5-7-12(10)3/h9-11H,4-8H2,1-3H3. The van der Waals surface area contributed by atoms with Crippen molar-refractivity contribution in [2.45, 2.75) is 44.7 Å². The molecule has 1 rings (SSSR count). The van der Waals surface area contributed by atoms with Gasteiger partial charge in [-0.1, -0.05) is 6.42 Å². The molecule has 1 aliphatic rings. The van der Waals surface area contributed by atoms with E-state index in [0.717, 1.165) is 6.04 Å². The molecule has 0 aromatic carbocycles. The van der Waals surface area contributed by atoms with Gasteiger partial charge in [0, 0.05) is 12.1 Å². The summed E-state index contributed by atoms with van der Waals surface area (Å²) in [5, 5.41) is 3.31. The van der Waals surface area contributed by atoms with Gasteiger partial charge in [-0.25, -0.2) is 0 Å². The maximum absolute atomic E-state index is 3.31. The fraction of sp³-hybridized carbons (Fsp3) is 1.00. The molecule has 2 heteroatoms. The zero-order chi connectivity index (χ0) is 8.97. The molecule has 1 aliphatic heterocycles. The van der Waals surface area contributed by atoms with Gasteiger partial charge in [0.25, 0.3) is 0 Å². The zero-order valence-electron chi connectivity index (χ0n) is 8.64. The number of hydrogen-bond donors (Lipinski definition) is 1. The highest BCUT2D eigenvalue weighted by molar-refractivity contribution is 4.77. The first-order valence-electron chi connectivity index (χ1n) is 5.11. The molecule has 2 atom stereocenters. The minimum atomic E-state index is 0.663. The van der Waals surface area contributed by atoms with Gasteiger partial charge < -0.3 is 10.2 Å². The van der Waals surface area contributed by atoms with E-state index in [4.69, 9.17) is 0 Å². The number of nitrogens with one attached hydrogen (secondary N) is 1. The lowest BCUT2D eigenvalue weighted by molar-refractivity contribution is 0.166. The fourth-order valence-corrected chi connectivity index (χ4v) is 1.97. The van der Waals surface area contributed by atoms with E-state index < -0.39 is 0 Å². The smallest absolute Gasteiger partial charge is 0.0107 e. The van der Waals surface area contributed by atoms with E-state index in [0.29, 0.717) is 6.04 Å².